The van der Waals surface area contributed by atoms with Crippen molar-refractivity contribution in [3.63, 3.8) is 0 Å². The number of alkyl carbamates (subject to hydrolysis) is 1. The van der Waals surface area contributed by atoms with Crippen LogP contribution in [0.15, 0.2) is 244 Å². The van der Waals surface area contributed by atoms with Gasteiger partial charge in [0, 0.05) is 101 Å². The molecule has 4 heterocycles. The molecule has 0 saturated carbocycles. The smallest absolute Gasteiger partial charge is 0.407 e. The first-order valence-electron chi connectivity index (χ1n) is 47.6. The van der Waals surface area contributed by atoms with Gasteiger partial charge in [-0.05, 0) is 241 Å². The number of carboxylic acids is 2. The lowest BCUT2D eigenvalue weighted by Crippen LogP contribution is -2.41. The minimum Gasteiger partial charge on any atom is -0.481 e. The summed E-state index contributed by atoms with van der Waals surface area (Å²) in [5.74, 6) is -3.96. The number of hydrogen-bond donors (Lipinski definition) is 10. The number of esters is 3. The van der Waals surface area contributed by atoms with E-state index in [4.69, 9.17) is 30.8 Å². The number of carbonyl (C=O) groups excluding carboxylic acids is 9. The van der Waals surface area contributed by atoms with E-state index in [0.717, 1.165) is 138 Å². The van der Waals surface area contributed by atoms with Crippen molar-refractivity contribution in [2.45, 2.75) is 270 Å². The van der Waals surface area contributed by atoms with Crippen LogP contribution in [0.25, 0.3) is 24.3 Å². The Hall–Kier alpha value is -13.2. The van der Waals surface area contributed by atoms with E-state index in [1.165, 1.54) is 21.3 Å². The van der Waals surface area contributed by atoms with E-state index in [1.807, 2.05) is 69.3 Å². The van der Waals surface area contributed by atoms with E-state index < -0.39 is 65.7 Å². The highest BCUT2D eigenvalue weighted by atomic mass is 16.6. The van der Waals surface area contributed by atoms with Gasteiger partial charge in [-0.15, -0.1) is 0 Å². The fourth-order valence-electron chi connectivity index (χ4n) is 11.7. The maximum atomic E-state index is 12.3. The molecule has 0 unspecified atom stereocenters. The SMILES string of the molecule is CC/C=C\C/C=C\C/C=C\C/C=C\C/C=C\CCCC(=O)NCCCC[C@H](NC(=O)C/C=C/c1cccnc1)C(=O)O.CC/C=C\C/C=C\C/C=C\C/C=C\C/C=C\CCCC(=O)NCCCC[C@H](NC(=O)C/C=C/c1cccnc1)C(=O)OC.COC(=O)[C@@H](N)CCCCNC(=O)OC(C)(C)C.COC(=O)[C@H](CCCCN)NC(=O)C/C=C/c1cccnc1.O=C(O)C/C=C/c1cccnc1. The average molecular weight is 1890 g/mol. The van der Waals surface area contributed by atoms with Crippen LogP contribution in [0.1, 0.15) is 262 Å². The molecule has 0 radical (unpaired) electrons. The number of carbonyl (C=O) groups is 11. The van der Waals surface area contributed by atoms with E-state index >= 15 is 0 Å². The van der Waals surface area contributed by atoms with E-state index in [1.54, 1.807) is 98.2 Å². The van der Waals surface area contributed by atoms with Crippen LogP contribution < -0.4 is 43.4 Å². The molecule has 6 amide bonds. The van der Waals surface area contributed by atoms with E-state index in [-0.39, 0.29) is 55.2 Å². The zero-order valence-corrected chi connectivity index (χ0v) is 82.1. The maximum Gasteiger partial charge on any atom is 0.407 e. The monoisotopic (exact) mass is 1890 g/mol. The summed E-state index contributed by atoms with van der Waals surface area (Å²) in [5.41, 5.74) is 14.1. The van der Waals surface area contributed by atoms with Gasteiger partial charge in [0.05, 0.1) is 27.8 Å². The zero-order valence-electron chi connectivity index (χ0n) is 82.1. The van der Waals surface area contributed by atoms with Crippen LogP contribution in [0.5, 0.6) is 0 Å². The lowest BCUT2D eigenvalue weighted by atomic mass is 10.1. The first-order valence-corrected chi connectivity index (χ1v) is 47.6. The van der Waals surface area contributed by atoms with Gasteiger partial charge < -0.3 is 72.5 Å². The zero-order chi connectivity index (χ0) is 101. The van der Waals surface area contributed by atoms with Gasteiger partial charge in [0.15, 0.2) is 0 Å². The summed E-state index contributed by atoms with van der Waals surface area (Å²) in [6, 6.07) is 11.9. The van der Waals surface area contributed by atoms with Crippen LogP contribution in [0.4, 0.5) is 4.79 Å². The number of aromatic nitrogens is 4. The van der Waals surface area contributed by atoms with Crippen LogP contribution in [0, 0.1) is 0 Å². The Morgan fingerprint density at radius 3 is 0.964 bits per heavy atom. The number of unbranched alkanes of at least 4 members (excludes halogenated alkanes) is 6. The Balaban J connectivity index is 0.00000181. The molecule has 29 heteroatoms. The van der Waals surface area contributed by atoms with Crippen molar-refractivity contribution in [2.75, 3.05) is 47.5 Å². The molecule has 137 heavy (non-hydrogen) atoms. The standard InChI is InChI=1S/C36H51N3O4.C35H49N3O4.C16H23N3O3.C12H24N2O4.C9H9NO2/c1-3-4-5-6-7-8-9-10-11-12-13-14-15-16-17-18-19-27-34(40)38-30-21-20-26-33(36(42)43-2)39-35(41)28-22-24-32-25-23-29-37-31-32;1-2-3-4-5-6-7-8-9-10-11-12-13-14-15-16-17-18-26-33(39)37-29-20-19-25-32(35(41)42)38-34(40)27-21-23-31-24-22-28-36-30-31;1-22-16(21)14(8-2-3-10-17)19-15(20)9-4-6-13-7-5-11-18-12-13;1-12(2,3)18-11(16)14-8-6-5-7-9(13)10(15)17-4;11-9(12)5-1-3-8-4-2-6-10-7-8/h4-5,7-8,10-11,13-14,16-17,22-25,29,31,33H,3,6,9,12,15,18-21,26-28,30H2,1-2H3,(H,38,40)(H,39,41);3-4,6-7,9-10,12-13,15-16,21-24,28,30,32H,2,5,8,11,14,17-20,25-27,29H2,1H3,(H,37,39)(H,38,40)(H,41,42);4-7,11-12,14H,2-3,8-10,17H2,1H3,(H,19,20);9H,5-8,13H2,1-4H3,(H,14,16);1-4,6-7H,5H2,(H,11,12)/b5-4-,8-7-,11-10-,14-13-,17-16-,24-22+;4-3-,7-6-,10-9-,13-12-,16-15-,23-21+;6-4+;;3-1+/t33-;32-;14-;9-;/m0000./s1. The molecule has 0 aliphatic heterocycles. The van der Waals surface area contributed by atoms with E-state index in [0.29, 0.717) is 90.4 Å². The highest BCUT2D eigenvalue weighted by Gasteiger charge is 2.23. The summed E-state index contributed by atoms with van der Waals surface area (Å²) in [7, 11) is 3.93. The molecule has 0 aliphatic carbocycles. The Kier molecular flexibility index (Phi) is 79.7. The molecule has 4 atom stereocenters. The molecule has 4 aromatic rings. The molecule has 4 aromatic heterocycles. The quantitative estimate of drug-likeness (QED) is 0.00849. The van der Waals surface area contributed by atoms with Gasteiger partial charge in [0.2, 0.25) is 29.5 Å². The van der Waals surface area contributed by atoms with Crippen LogP contribution in [0.3, 0.4) is 0 Å². The topological polar surface area (TPSA) is 441 Å². The number of rotatable bonds is 64. The van der Waals surface area contributed by atoms with Gasteiger partial charge >= 0.3 is 35.9 Å². The van der Waals surface area contributed by atoms with Crippen molar-refractivity contribution >= 4 is 89.8 Å². The number of nitrogens with two attached hydrogens (primary N) is 2. The highest BCUT2D eigenvalue weighted by Crippen LogP contribution is 2.13. The van der Waals surface area contributed by atoms with Crippen LogP contribution in [0.2, 0.25) is 0 Å². The number of methoxy groups -OCH3 is 3. The molecule has 0 bridgehead atoms. The number of nitrogens with zero attached hydrogens (tertiary/aromatic N) is 4. The van der Waals surface area contributed by atoms with Gasteiger partial charge in [-0.3, -0.25) is 53.5 Å². The number of hydrogen-bond acceptors (Lipinski definition) is 21. The second kappa shape index (κ2) is 88.1. The third kappa shape index (κ3) is 81.0. The third-order valence-corrected chi connectivity index (χ3v) is 18.9. The fourth-order valence-corrected chi connectivity index (χ4v) is 11.7. The largest absolute Gasteiger partial charge is 0.481 e. The molecule has 4 rings (SSSR count). The molecule has 0 spiro atoms. The van der Waals surface area contributed by atoms with Crippen LogP contribution >= 0.6 is 0 Å². The van der Waals surface area contributed by atoms with E-state index in [2.05, 4.69) is 192 Å². The lowest BCUT2D eigenvalue weighted by Gasteiger charge is -2.19. The van der Waals surface area contributed by atoms with Crippen LogP contribution in [-0.4, -0.2) is 173 Å². The summed E-state index contributed by atoms with van der Waals surface area (Å²) in [5, 5.41) is 34.2. The predicted molar refractivity (Wildman–Crippen MR) is 548 cm³/mol. The summed E-state index contributed by atoms with van der Waals surface area (Å²) >= 11 is 0. The number of ether oxygens (including phenoxy) is 4. The van der Waals surface area contributed by atoms with Crippen molar-refractivity contribution in [2.24, 2.45) is 11.5 Å². The van der Waals surface area contributed by atoms with Gasteiger partial charge in [0.1, 0.15) is 29.8 Å². The number of carboxylic acid groups (broad SMARTS) is 2. The minimum atomic E-state index is -1.06. The molecule has 0 aromatic carbocycles. The molecular weight excluding hydrogens is 1740 g/mol. The Labute approximate surface area is 814 Å². The highest BCUT2D eigenvalue weighted by molar-refractivity contribution is 5.87. The van der Waals surface area contributed by atoms with Gasteiger partial charge in [0.25, 0.3) is 0 Å². The number of allylic oxidation sites excluding steroid dienone is 20. The van der Waals surface area contributed by atoms with Crippen molar-refractivity contribution < 1.29 is 81.9 Å². The Morgan fingerprint density at radius 1 is 0.365 bits per heavy atom. The second-order valence-corrected chi connectivity index (χ2v) is 31.9. The van der Waals surface area contributed by atoms with Crippen LogP contribution in [-0.2, 0) is 66.9 Å². The molecule has 29 nitrogen and oxygen atoms in total. The minimum absolute atomic E-state index is 0.00541. The van der Waals surface area contributed by atoms with Crippen molar-refractivity contribution in [3.8, 4) is 0 Å². The first-order chi connectivity index (χ1) is 66.3. The van der Waals surface area contributed by atoms with Crippen molar-refractivity contribution in [1.82, 2.24) is 51.8 Å². The van der Waals surface area contributed by atoms with Crippen molar-refractivity contribution in [3.05, 3.63) is 266 Å². The molecule has 0 saturated heterocycles. The fraction of sp³-hybridized carbons (Fsp3) is 0.454. The maximum absolute atomic E-state index is 12.3. The Morgan fingerprint density at radius 2 is 0.664 bits per heavy atom. The number of aliphatic carboxylic acids is 2. The normalized spacial score (nSPS) is 12.5. The number of nitrogens with one attached hydrogen (secondary N) is 6. The molecular formula is C108H156N12O17. The number of pyridine rings is 4. The molecule has 0 fully saturated rings. The van der Waals surface area contributed by atoms with Gasteiger partial charge in [-0.25, -0.2) is 19.2 Å². The summed E-state index contributed by atoms with van der Waals surface area (Å²) < 4.78 is 19.1. The molecule has 12 N–H and O–H groups in total. The first kappa shape index (κ1) is 124. The second-order valence-electron chi connectivity index (χ2n) is 31.9. The summed E-state index contributed by atoms with van der Waals surface area (Å²) in [6.07, 6.45) is 92.5. The number of amides is 6. The summed E-state index contributed by atoms with van der Waals surface area (Å²) in [4.78, 5) is 144. The Bertz CT molecular complexity index is 4360. The lowest BCUT2D eigenvalue weighted by molar-refractivity contribution is -0.145. The summed E-state index contributed by atoms with van der Waals surface area (Å²) in [6.45, 7) is 11.8. The van der Waals surface area contributed by atoms with E-state index in [9.17, 15) is 57.8 Å². The van der Waals surface area contributed by atoms with Gasteiger partial charge in [-0.2, -0.15) is 0 Å². The third-order valence-electron chi connectivity index (χ3n) is 18.9. The molecule has 750 valence electrons. The molecule has 0 aliphatic rings. The predicted octanol–water partition coefficient (Wildman–Crippen LogP) is 18.6. The average Bonchev–Trinajstić information content (AvgIpc) is 0.925. The van der Waals surface area contributed by atoms with Crippen molar-refractivity contribution in [1.29, 1.82) is 0 Å². The van der Waals surface area contributed by atoms with Gasteiger partial charge in [-0.1, -0.05) is 208 Å².